The Morgan fingerprint density at radius 1 is 1.24 bits per heavy atom. The van der Waals surface area contributed by atoms with Crippen molar-refractivity contribution in [1.29, 1.82) is 0 Å². The fourth-order valence-corrected chi connectivity index (χ4v) is 3.43. The molecule has 1 fully saturated rings. The molecule has 1 N–H and O–H groups in total. The molecule has 150 valence electrons. The predicted octanol–water partition coefficient (Wildman–Crippen LogP) is 4.77. The van der Waals surface area contributed by atoms with Crippen molar-refractivity contribution in [3.63, 3.8) is 0 Å². The number of carbonyl (C=O) groups excluding carboxylic acids is 2. The van der Waals surface area contributed by atoms with Crippen molar-refractivity contribution in [3.8, 4) is 11.5 Å². The van der Waals surface area contributed by atoms with E-state index in [1.165, 1.54) is 13.2 Å². The number of carbonyl (C=O) groups is 2. The summed E-state index contributed by atoms with van der Waals surface area (Å²) in [7, 11) is 1.53. The third-order valence-electron chi connectivity index (χ3n) is 4.13. The van der Waals surface area contributed by atoms with Gasteiger partial charge in [0.15, 0.2) is 11.5 Å². The number of rotatable bonds is 7. The summed E-state index contributed by atoms with van der Waals surface area (Å²) in [6, 6.07) is 10.4. The standard InChI is InChI=1S/C21H18BrClN2O4/c1-3-8-25-20(26)17(24-21(25)27)10-14-9-16(22)19(18(11-14)28-2)29-12-13-4-6-15(23)7-5-13/h3-7,9-11H,1,8,12H2,2H3,(H,24,27)/b17-10+. The quantitative estimate of drug-likeness (QED) is 0.354. The van der Waals surface area contributed by atoms with Gasteiger partial charge in [0, 0.05) is 11.6 Å². The van der Waals surface area contributed by atoms with Crippen LogP contribution in [0.4, 0.5) is 4.79 Å². The molecule has 0 aromatic heterocycles. The molecule has 2 aromatic rings. The van der Waals surface area contributed by atoms with Crippen LogP contribution in [0.1, 0.15) is 11.1 Å². The van der Waals surface area contributed by atoms with Gasteiger partial charge in [0.1, 0.15) is 12.3 Å². The molecule has 1 saturated heterocycles. The van der Waals surface area contributed by atoms with E-state index in [2.05, 4.69) is 27.8 Å². The summed E-state index contributed by atoms with van der Waals surface area (Å²) in [6.07, 6.45) is 3.08. The van der Waals surface area contributed by atoms with Crippen LogP contribution >= 0.6 is 27.5 Å². The van der Waals surface area contributed by atoms with Crippen molar-refractivity contribution in [2.45, 2.75) is 6.61 Å². The molecule has 0 aliphatic carbocycles. The van der Waals surface area contributed by atoms with Gasteiger partial charge in [0.25, 0.3) is 5.91 Å². The van der Waals surface area contributed by atoms with Gasteiger partial charge in [-0.2, -0.15) is 0 Å². The maximum Gasteiger partial charge on any atom is 0.329 e. The Morgan fingerprint density at radius 3 is 2.62 bits per heavy atom. The first-order valence-corrected chi connectivity index (χ1v) is 9.80. The largest absolute Gasteiger partial charge is 0.493 e. The number of hydrogen-bond donors (Lipinski definition) is 1. The number of hydrogen-bond acceptors (Lipinski definition) is 4. The number of nitrogens with one attached hydrogen (secondary N) is 1. The highest BCUT2D eigenvalue weighted by Gasteiger charge is 2.32. The summed E-state index contributed by atoms with van der Waals surface area (Å²) in [4.78, 5) is 25.3. The van der Waals surface area contributed by atoms with Gasteiger partial charge >= 0.3 is 6.03 Å². The van der Waals surface area contributed by atoms with E-state index in [1.807, 2.05) is 12.1 Å². The Morgan fingerprint density at radius 2 is 1.97 bits per heavy atom. The fourth-order valence-electron chi connectivity index (χ4n) is 2.73. The van der Waals surface area contributed by atoms with Crippen LogP contribution in [-0.2, 0) is 11.4 Å². The zero-order chi connectivity index (χ0) is 21.0. The SMILES string of the molecule is C=CCN1C(=O)N/C(=C/c2cc(Br)c(OCc3ccc(Cl)cc3)c(OC)c2)C1=O. The van der Waals surface area contributed by atoms with E-state index >= 15 is 0 Å². The maximum absolute atomic E-state index is 12.3. The lowest BCUT2D eigenvalue weighted by Gasteiger charge is -2.14. The first-order valence-electron chi connectivity index (χ1n) is 8.63. The predicted molar refractivity (Wildman–Crippen MR) is 115 cm³/mol. The van der Waals surface area contributed by atoms with Crippen LogP contribution in [0.5, 0.6) is 11.5 Å². The van der Waals surface area contributed by atoms with Crippen molar-refractivity contribution in [1.82, 2.24) is 10.2 Å². The van der Waals surface area contributed by atoms with Gasteiger partial charge in [-0.3, -0.25) is 9.69 Å². The molecule has 29 heavy (non-hydrogen) atoms. The summed E-state index contributed by atoms with van der Waals surface area (Å²) in [5.74, 6) is 0.604. The Kier molecular flexibility index (Phi) is 6.61. The Bertz CT molecular complexity index is 989. The highest BCUT2D eigenvalue weighted by atomic mass is 79.9. The van der Waals surface area contributed by atoms with Gasteiger partial charge < -0.3 is 14.8 Å². The first-order chi connectivity index (χ1) is 13.9. The number of nitrogens with zero attached hydrogens (tertiary/aromatic N) is 1. The summed E-state index contributed by atoms with van der Waals surface area (Å²) < 4.78 is 12.0. The number of urea groups is 1. The third-order valence-corrected chi connectivity index (χ3v) is 4.97. The summed E-state index contributed by atoms with van der Waals surface area (Å²) in [6.45, 7) is 4.03. The van der Waals surface area contributed by atoms with Crippen LogP contribution in [0.3, 0.4) is 0 Å². The molecule has 0 radical (unpaired) electrons. The zero-order valence-corrected chi connectivity index (χ0v) is 17.9. The van der Waals surface area contributed by atoms with E-state index in [0.29, 0.717) is 33.2 Å². The molecule has 0 saturated carbocycles. The molecule has 6 nitrogen and oxygen atoms in total. The highest BCUT2D eigenvalue weighted by Crippen LogP contribution is 2.38. The van der Waals surface area contributed by atoms with E-state index in [4.69, 9.17) is 21.1 Å². The van der Waals surface area contributed by atoms with E-state index in [1.54, 1.807) is 30.3 Å². The average Bonchev–Trinajstić information content (AvgIpc) is 2.96. The Balaban J connectivity index is 1.83. The number of ether oxygens (including phenoxy) is 2. The van der Waals surface area contributed by atoms with Crippen molar-refractivity contribution >= 4 is 45.5 Å². The van der Waals surface area contributed by atoms with Crippen molar-refractivity contribution in [2.24, 2.45) is 0 Å². The van der Waals surface area contributed by atoms with Gasteiger partial charge in [-0.15, -0.1) is 6.58 Å². The molecule has 0 atom stereocenters. The van der Waals surface area contributed by atoms with Gasteiger partial charge in [0.2, 0.25) is 0 Å². The molecule has 3 amide bonds. The lowest BCUT2D eigenvalue weighted by atomic mass is 10.1. The summed E-state index contributed by atoms with van der Waals surface area (Å²) in [5.41, 5.74) is 1.80. The molecule has 2 aromatic carbocycles. The first kappa shape index (κ1) is 21.0. The number of halogens is 2. The lowest BCUT2D eigenvalue weighted by molar-refractivity contribution is -0.122. The van der Waals surface area contributed by atoms with Gasteiger partial charge in [0.05, 0.1) is 11.6 Å². The molecule has 8 heteroatoms. The molecule has 0 unspecified atom stereocenters. The Labute approximate surface area is 181 Å². The second kappa shape index (κ2) is 9.15. The fraction of sp³-hybridized carbons (Fsp3) is 0.143. The second-order valence-electron chi connectivity index (χ2n) is 6.14. The van der Waals surface area contributed by atoms with Crippen molar-refractivity contribution in [3.05, 3.63) is 75.4 Å². The number of methoxy groups -OCH3 is 1. The third kappa shape index (κ3) is 4.81. The number of benzene rings is 2. The molecular weight excluding hydrogens is 460 g/mol. The van der Waals surface area contributed by atoms with E-state index in [-0.39, 0.29) is 12.2 Å². The zero-order valence-electron chi connectivity index (χ0n) is 15.6. The molecule has 1 aliphatic heterocycles. The topological polar surface area (TPSA) is 67.9 Å². The summed E-state index contributed by atoms with van der Waals surface area (Å²) in [5, 5.41) is 3.22. The van der Waals surface area contributed by atoms with E-state index < -0.39 is 11.9 Å². The highest BCUT2D eigenvalue weighted by molar-refractivity contribution is 9.10. The van der Waals surface area contributed by atoms with Crippen LogP contribution in [0.25, 0.3) is 6.08 Å². The van der Waals surface area contributed by atoms with Crippen LogP contribution in [0.2, 0.25) is 5.02 Å². The van der Waals surface area contributed by atoms with Crippen molar-refractivity contribution in [2.75, 3.05) is 13.7 Å². The van der Waals surface area contributed by atoms with Crippen LogP contribution in [0.15, 0.2) is 59.2 Å². The molecule has 1 aliphatic rings. The molecular formula is C21H18BrClN2O4. The smallest absolute Gasteiger partial charge is 0.329 e. The minimum Gasteiger partial charge on any atom is -0.493 e. The molecule has 0 bridgehead atoms. The minimum atomic E-state index is -0.477. The minimum absolute atomic E-state index is 0.145. The maximum atomic E-state index is 12.3. The number of amides is 3. The average molecular weight is 478 g/mol. The van der Waals surface area contributed by atoms with Crippen LogP contribution in [-0.4, -0.2) is 30.5 Å². The van der Waals surface area contributed by atoms with Crippen LogP contribution in [0, 0.1) is 0 Å². The second-order valence-corrected chi connectivity index (χ2v) is 7.43. The van der Waals surface area contributed by atoms with E-state index in [0.717, 1.165) is 10.5 Å². The summed E-state index contributed by atoms with van der Waals surface area (Å²) >= 11 is 9.39. The number of imide groups is 1. The van der Waals surface area contributed by atoms with E-state index in [9.17, 15) is 9.59 Å². The molecule has 3 rings (SSSR count). The van der Waals surface area contributed by atoms with Gasteiger partial charge in [-0.25, -0.2) is 4.79 Å². The van der Waals surface area contributed by atoms with Gasteiger partial charge in [-0.05, 0) is 57.4 Å². The van der Waals surface area contributed by atoms with Crippen molar-refractivity contribution < 1.29 is 19.1 Å². The monoisotopic (exact) mass is 476 g/mol. The van der Waals surface area contributed by atoms with Gasteiger partial charge in [-0.1, -0.05) is 29.8 Å². The molecule has 1 heterocycles. The Hall–Kier alpha value is -2.77. The lowest BCUT2D eigenvalue weighted by Crippen LogP contribution is -2.30. The van der Waals surface area contributed by atoms with Crippen LogP contribution < -0.4 is 14.8 Å². The molecule has 0 spiro atoms. The normalized spacial score (nSPS) is 14.9.